The monoisotopic (exact) mass is 415 g/mol. The lowest BCUT2D eigenvalue weighted by Crippen LogP contribution is -2.08. The Bertz CT molecular complexity index is 1120. The van der Waals surface area contributed by atoms with Gasteiger partial charge in [-0.25, -0.2) is 15.0 Å². The molecule has 2 N–H and O–H groups in total. The number of hydrogen-bond donors (Lipinski definition) is 2. The molecule has 148 valence electrons. The highest BCUT2D eigenvalue weighted by atomic mass is 35.5. The second-order valence-electron chi connectivity index (χ2n) is 6.30. The molecule has 0 saturated carbocycles. The average molecular weight is 416 g/mol. The van der Waals surface area contributed by atoms with Gasteiger partial charge in [0.2, 0.25) is 5.95 Å². The lowest BCUT2D eigenvalue weighted by Gasteiger charge is -2.11. The van der Waals surface area contributed by atoms with Crippen LogP contribution in [-0.2, 0) is 13.0 Å². The molecule has 0 aliphatic carbocycles. The Kier molecular flexibility index (Phi) is 5.53. The van der Waals surface area contributed by atoms with Crippen LogP contribution in [0, 0.1) is 0 Å². The molecule has 3 aromatic heterocycles. The van der Waals surface area contributed by atoms with Gasteiger partial charge in [0.25, 0.3) is 0 Å². The molecule has 0 saturated heterocycles. The molecule has 0 radical (unpaired) electrons. The predicted octanol–water partition coefficient (Wildman–Crippen LogP) is 4.81. The largest absolute Gasteiger partial charge is 0.434 e. The molecule has 9 heteroatoms. The van der Waals surface area contributed by atoms with E-state index in [0.29, 0.717) is 23.0 Å². The van der Waals surface area contributed by atoms with Crippen molar-refractivity contribution in [3.05, 3.63) is 76.8 Å². The summed E-state index contributed by atoms with van der Waals surface area (Å²) in [6.45, 7) is -2.62. The fourth-order valence-corrected chi connectivity index (χ4v) is 3.13. The molecule has 0 unspecified atom stereocenters. The Balaban J connectivity index is 1.43. The maximum Gasteiger partial charge on any atom is 0.387 e. The Morgan fingerprint density at radius 2 is 1.86 bits per heavy atom. The number of halogens is 3. The Morgan fingerprint density at radius 3 is 2.66 bits per heavy atom. The number of alkyl halides is 2. The van der Waals surface area contributed by atoms with Crippen LogP contribution in [0.2, 0.25) is 5.02 Å². The minimum absolute atomic E-state index is 0.123. The fraction of sp³-hybridized carbons (Fsp3) is 0.150. The number of nitrogens with zero attached hydrogens (tertiary/aromatic N) is 3. The number of nitrogens with one attached hydrogen (secondary N) is 2. The summed E-state index contributed by atoms with van der Waals surface area (Å²) in [6.07, 6.45) is 7.53. The van der Waals surface area contributed by atoms with Crippen molar-refractivity contribution in [1.82, 2.24) is 19.9 Å². The number of H-pyrrole nitrogens is 1. The summed E-state index contributed by atoms with van der Waals surface area (Å²) in [6, 6.07) is 8.46. The zero-order valence-corrected chi connectivity index (χ0v) is 15.8. The van der Waals surface area contributed by atoms with E-state index in [1.807, 2.05) is 12.3 Å². The van der Waals surface area contributed by atoms with Gasteiger partial charge in [0.15, 0.2) is 0 Å². The Labute approximate surface area is 169 Å². The van der Waals surface area contributed by atoms with E-state index in [-0.39, 0.29) is 12.3 Å². The van der Waals surface area contributed by atoms with E-state index in [1.165, 1.54) is 6.07 Å². The number of aromatic nitrogens is 4. The van der Waals surface area contributed by atoms with Crippen molar-refractivity contribution in [3.63, 3.8) is 0 Å². The van der Waals surface area contributed by atoms with Gasteiger partial charge in [-0.2, -0.15) is 8.78 Å². The van der Waals surface area contributed by atoms with Crippen LogP contribution in [0.1, 0.15) is 16.7 Å². The van der Waals surface area contributed by atoms with Crippen LogP contribution < -0.4 is 10.1 Å². The minimum Gasteiger partial charge on any atom is -0.434 e. The summed E-state index contributed by atoms with van der Waals surface area (Å²) >= 11 is 6.04. The molecule has 3 heterocycles. The standard InChI is InChI=1S/C20H16ClF2N5O/c21-15-6-16-14(10-24-18(16)25-11-15)5-12-7-26-20(27-8-12)28-9-13-3-1-2-4-17(13)29-19(22)23/h1-4,6-8,10-11,19H,5,9H2,(H,24,25)(H,26,27,28). The van der Waals surface area contributed by atoms with Crippen molar-refractivity contribution < 1.29 is 13.5 Å². The topological polar surface area (TPSA) is 75.7 Å². The average Bonchev–Trinajstić information content (AvgIpc) is 3.10. The van der Waals surface area contributed by atoms with Crippen molar-refractivity contribution in [1.29, 1.82) is 0 Å². The molecule has 0 aliphatic heterocycles. The van der Waals surface area contributed by atoms with Crippen molar-refractivity contribution in [2.75, 3.05) is 5.32 Å². The highest BCUT2D eigenvalue weighted by Crippen LogP contribution is 2.23. The highest BCUT2D eigenvalue weighted by Gasteiger charge is 2.10. The predicted molar refractivity (Wildman–Crippen MR) is 106 cm³/mol. The van der Waals surface area contributed by atoms with Crippen LogP contribution in [0.3, 0.4) is 0 Å². The highest BCUT2D eigenvalue weighted by molar-refractivity contribution is 6.31. The summed E-state index contributed by atoms with van der Waals surface area (Å²) < 4.78 is 29.5. The van der Waals surface area contributed by atoms with Gasteiger partial charge in [-0.3, -0.25) is 0 Å². The second-order valence-corrected chi connectivity index (χ2v) is 6.73. The van der Waals surface area contributed by atoms with Crippen LogP contribution >= 0.6 is 11.6 Å². The van der Waals surface area contributed by atoms with Gasteiger partial charge < -0.3 is 15.0 Å². The third-order valence-electron chi connectivity index (χ3n) is 4.31. The number of aromatic amines is 1. The normalized spacial score (nSPS) is 11.2. The number of ether oxygens (including phenoxy) is 1. The number of para-hydroxylation sites is 1. The molecule has 0 amide bonds. The van der Waals surface area contributed by atoms with Gasteiger partial charge in [-0.15, -0.1) is 0 Å². The van der Waals surface area contributed by atoms with E-state index in [9.17, 15) is 8.78 Å². The first kappa shape index (κ1) is 19.1. The molecule has 4 rings (SSSR count). The molecule has 29 heavy (non-hydrogen) atoms. The molecular weight excluding hydrogens is 400 g/mol. The number of fused-ring (bicyclic) bond motifs is 1. The summed E-state index contributed by atoms with van der Waals surface area (Å²) in [4.78, 5) is 16.0. The van der Waals surface area contributed by atoms with E-state index < -0.39 is 6.61 Å². The molecule has 6 nitrogen and oxygen atoms in total. The number of hydrogen-bond acceptors (Lipinski definition) is 5. The van der Waals surface area contributed by atoms with Gasteiger partial charge in [-0.05, 0) is 23.3 Å². The maximum absolute atomic E-state index is 12.5. The first-order valence-corrected chi connectivity index (χ1v) is 9.15. The van der Waals surface area contributed by atoms with Crippen molar-refractivity contribution >= 4 is 28.6 Å². The molecule has 0 atom stereocenters. The van der Waals surface area contributed by atoms with E-state index in [0.717, 1.165) is 22.2 Å². The van der Waals surface area contributed by atoms with E-state index in [4.69, 9.17) is 11.6 Å². The SMILES string of the molecule is FC(F)Oc1ccccc1CNc1ncc(Cc2c[nH]c3ncc(Cl)cc23)cn1. The summed E-state index contributed by atoms with van der Waals surface area (Å²) in [5, 5.41) is 4.55. The van der Waals surface area contributed by atoms with E-state index >= 15 is 0 Å². The molecule has 0 bridgehead atoms. The maximum atomic E-state index is 12.5. The minimum atomic E-state index is -2.87. The number of benzene rings is 1. The van der Waals surface area contributed by atoms with Gasteiger partial charge in [0, 0.05) is 48.7 Å². The molecular formula is C20H16ClF2N5O. The smallest absolute Gasteiger partial charge is 0.387 e. The second kappa shape index (κ2) is 8.40. The zero-order valence-electron chi connectivity index (χ0n) is 15.1. The van der Waals surface area contributed by atoms with Crippen LogP contribution in [0.4, 0.5) is 14.7 Å². The first-order chi connectivity index (χ1) is 14.1. The number of rotatable bonds is 7. The van der Waals surface area contributed by atoms with Gasteiger partial charge in [-0.1, -0.05) is 29.8 Å². The molecule has 0 spiro atoms. The lowest BCUT2D eigenvalue weighted by atomic mass is 10.1. The quantitative estimate of drug-likeness (QED) is 0.453. The summed E-state index contributed by atoms with van der Waals surface area (Å²) in [5.41, 5.74) is 3.31. The molecule has 0 aliphatic rings. The third kappa shape index (κ3) is 4.60. The van der Waals surface area contributed by atoms with Gasteiger partial charge in [0.1, 0.15) is 11.4 Å². The van der Waals surface area contributed by atoms with Gasteiger partial charge in [0.05, 0.1) is 5.02 Å². The third-order valence-corrected chi connectivity index (χ3v) is 4.52. The molecule has 4 aromatic rings. The van der Waals surface area contributed by atoms with Crippen LogP contribution in [0.5, 0.6) is 5.75 Å². The van der Waals surface area contributed by atoms with E-state index in [1.54, 1.807) is 36.8 Å². The fourth-order valence-electron chi connectivity index (χ4n) is 2.97. The molecule has 1 aromatic carbocycles. The zero-order chi connectivity index (χ0) is 20.2. The first-order valence-electron chi connectivity index (χ1n) is 8.77. The Hall–Kier alpha value is -3.26. The van der Waals surface area contributed by atoms with Gasteiger partial charge >= 0.3 is 6.61 Å². The summed E-state index contributed by atoms with van der Waals surface area (Å²) in [7, 11) is 0. The van der Waals surface area contributed by atoms with Crippen LogP contribution in [0.15, 0.2) is 55.1 Å². The number of pyridine rings is 1. The van der Waals surface area contributed by atoms with Crippen molar-refractivity contribution in [2.24, 2.45) is 0 Å². The van der Waals surface area contributed by atoms with E-state index in [2.05, 4.69) is 30.0 Å². The molecule has 0 fully saturated rings. The van der Waals surface area contributed by atoms with Crippen molar-refractivity contribution in [2.45, 2.75) is 19.6 Å². The number of anilines is 1. The van der Waals surface area contributed by atoms with Crippen LogP contribution in [0.25, 0.3) is 11.0 Å². The van der Waals surface area contributed by atoms with Crippen molar-refractivity contribution in [3.8, 4) is 5.75 Å². The summed E-state index contributed by atoms with van der Waals surface area (Å²) in [5.74, 6) is 0.516. The Morgan fingerprint density at radius 1 is 1.07 bits per heavy atom. The lowest BCUT2D eigenvalue weighted by molar-refractivity contribution is -0.0504. The van der Waals surface area contributed by atoms with Crippen LogP contribution in [-0.4, -0.2) is 26.5 Å².